The van der Waals surface area contributed by atoms with Crippen molar-refractivity contribution in [3.8, 4) is 5.75 Å². The molecular weight excluding hydrogens is 280 g/mol. The molecule has 1 amide bonds. The average molecular weight is 298 g/mol. The third-order valence-corrected chi connectivity index (χ3v) is 3.57. The first-order valence-corrected chi connectivity index (χ1v) is 7.14. The molecule has 114 valence electrons. The quantitative estimate of drug-likeness (QED) is 0.891. The fourth-order valence-corrected chi connectivity index (χ4v) is 2.42. The Morgan fingerprint density at radius 1 is 1.05 bits per heavy atom. The van der Waals surface area contributed by atoms with E-state index in [0.29, 0.717) is 6.61 Å². The third-order valence-electron chi connectivity index (χ3n) is 3.57. The molecular formula is C17H18N2O3. The molecule has 3 rings (SSSR count). The second kappa shape index (κ2) is 6.49. The predicted molar refractivity (Wildman–Crippen MR) is 85.1 cm³/mol. The van der Waals surface area contributed by atoms with Crippen LogP contribution < -0.4 is 15.4 Å². The molecule has 0 unspecified atom stereocenters. The van der Waals surface area contributed by atoms with Crippen molar-refractivity contribution in [2.75, 3.05) is 24.4 Å². The van der Waals surface area contributed by atoms with Crippen LogP contribution in [0.3, 0.4) is 0 Å². The third kappa shape index (κ3) is 3.04. The monoisotopic (exact) mass is 298 g/mol. The Morgan fingerprint density at radius 2 is 1.77 bits per heavy atom. The normalized spacial score (nSPS) is 16.4. The Morgan fingerprint density at radius 3 is 2.59 bits per heavy atom. The van der Waals surface area contributed by atoms with Crippen molar-refractivity contribution in [3.05, 3.63) is 54.1 Å². The van der Waals surface area contributed by atoms with Crippen LogP contribution in [0.25, 0.3) is 0 Å². The van der Waals surface area contributed by atoms with Crippen molar-refractivity contribution in [1.29, 1.82) is 0 Å². The summed E-state index contributed by atoms with van der Waals surface area (Å²) in [4.78, 5) is 12.0. The zero-order valence-corrected chi connectivity index (χ0v) is 12.3. The van der Waals surface area contributed by atoms with Crippen LogP contribution >= 0.6 is 0 Å². The van der Waals surface area contributed by atoms with Gasteiger partial charge in [0.25, 0.3) is 0 Å². The number of fused-ring (bicyclic) bond motifs is 1. The first-order chi connectivity index (χ1) is 10.8. The lowest BCUT2D eigenvalue weighted by molar-refractivity contribution is -0.118. The molecule has 0 fully saturated rings. The number of hydrogen-bond donors (Lipinski definition) is 2. The number of carbonyl (C=O) groups is 1. The number of rotatable bonds is 5. The van der Waals surface area contributed by atoms with Gasteiger partial charge in [0.05, 0.1) is 31.7 Å². The van der Waals surface area contributed by atoms with Gasteiger partial charge in [0.15, 0.2) is 0 Å². The van der Waals surface area contributed by atoms with E-state index in [2.05, 4.69) is 10.6 Å². The van der Waals surface area contributed by atoms with Crippen molar-refractivity contribution < 1.29 is 14.3 Å². The topological polar surface area (TPSA) is 59.6 Å². The van der Waals surface area contributed by atoms with Gasteiger partial charge in [-0.15, -0.1) is 0 Å². The smallest absolute Gasteiger partial charge is 0.249 e. The summed E-state index contributed by atoms with van der Waals surface area (Å²) in [6.07, 6.45) is 0. The average Bonchev–Trinajstić information content (AvgIpc) is 2.55. The molecule has 2 aromatic carbocycles. The number of para-hydroxylation sites is 3. The number of anilines is 2. The largest absolute Gasteiger partial charge is 0.496 e. The molecule has 0 saturated heterocycles. The van der Waals surface area contributed by atoms with E-state index in [1.807, 2.05) is 48.5 Å². The molecule has 0 aliphatic carbocycles. The van der Waals surface area contributed by atoms with Crippen LogP contribution in [-0.4, -0.2) is 25.7 Å². The molecule has 0 aromatic heterocycles. The lowest BCUT2D eigenvalue weighted by atomic mass is 10.1. The molecule has 1 heterocycles. The molecule has 0 radical (unpaired) electrons. The molecule has 0 saturated carbocycles. The van der Waals surface area contributed by atoms with Gasteiger partial charge >= 0.3 is 0 Å². The molecule has 1 aliphatic rings. The molecule has 2 aromatic rings. The fourth-order valence-electron chi connectivity index (χ4n) is 2.42. The highest BCUT2D eigenvalue weighted by atomic mass is 16.5. The van der Waals surface area contributed by atoms with Crippen molar-refractivity contribution in [2.45, 2.75) is 12.6 Å². The molecule has 2 N–H and O–H groups in total. The minimum atomic E-state index is -0.399. The summed E-state index contributed by atoms with van der Waals surface area (Å²) in [7, 11) is 1.63. The first-order valence-electron chi connectivity index (χ1n) is 7.14. The Bertz CT molecular complexity index is 672. The second-order valence-corrected chi connectivity index (χ2v) is 5.06. The van der Waals surface area contributed by atoms with Crippen molar-refractivity contribution in [2.24, 2.45) is 0 Å². The van der Waals surface area contributed by atoms with Gasteiger partial charge in [0.2, 0.25) is 5.91 Å². The van der Waals surface area contributed by atoms with Crippen molar-refractivity contribution in [1.82, 2.24) is 0 Å². The van der Waals surface area contributed by atoms with Crippen LogP contribution in [0.5, 0.6) is 5.75 Å². The minimum Gasteiger partial charge on any atom is -0.496 e. The van der Waals surface area contributed by atoms with Gasteiger partial charge in [-0.05, 0) is 18.2 Å². The summed E-state index contributed by atoms with van der Waals surface area (Å²) in [6, 6.07) is 14.9. The molecule has 5 heteroatoms. The first kappa shape index (κ1) is 14.4. The predicted octanol–water partition coefficient (Wildman–Crippen LogP) is 2.64. The minimum absolute atomic E-state index is 0.0845. The van der Waals surface area contributed by atoms with E-state index >= 15 is 0 Å². The van der Waals surface area contributed by atoms with Gasteiger partial charge in [-0.2, -0.15) is 0 Å². The van der Waals surface area contributed by atoms with E-state index in [9.17, 15) is 4.79 Å². The molecule has 1 aliphatic heterocycles. The highest BCUT2D eigenvalue weighted by Gasteiger charge is 2.25. The van der Waals surface area contributed by atoms with Crippen molar-refractivity contribution in [3.63, 3.8) is 0 Å². The fraction of sp³-hybridized carbons (Fsp3) is 0.235. The Labute approximate surface area is 129 Å². The molecule has 22 heavy (non-hydrogen) atoms. The maximum atomic E-state index is 12.0. The summed E-state index contributed by atoms with van der Waals surface area (Å²) in [6.45, 7) is 0.690. The van der Waals surface area contributed by atoms with Crippen LogP contribution in [0.4, 0.5) is 11.4 Å². The van der Waals surface area contributed by atoms with Gasteiger partial charge in [-0.1, -0.05) is 30.3 Å². The van der Waals surface area contributed by atoms with Gasteiger partial charge in [0, 0.05) is 5.56 Å². The van der Waals surface area contributed by atoms with E-state index in [1.165, 1.54) is 0 Å². The standard InChI is InChI=1S/C17H18N2O3/c1-21-16-9-5-2-6-12(16)10-22-11-15-17(20)19-14-8-4-3-7-13(14)18-15/h2-9,15,18H,10-11H2,1H3,(H,19,20)/t15-/m1/s1. The highest BCUT2D eigenvalue weighted by molar-refractivity contribution is 6.02. The molecule has 1 atom stereocenters. The number of methoxy groups -OCH3 is 1. The van der Waals surface area contributed by atoms with Crippen LogP contribution in [0, 0.1) is 0 Å². The number of carbonyl (C=O) groups excluding carboxylic acids is 1. The Hall–Kier alpha value is -2.53. The van der Waals surface area contributed by atoms with Crippen LogP contribution in [0.1, 0.15) is 5.56 Å². The van der Waals surface area contributed by atoms with E-state index in [-0.39, 0.29) is 12.5 Å². The summed E-state index contributed by atoms with van der Waals surface area (Å²) < 4.78 is 11.0. The van der Waals surface area contributed by atoms with Gasteiger partial charge < -0.3 is 20.1 Å². The summed E-state index contributed by atoms with van der Waals surface area (Å²) in [5.41, 5.74) is 2.67. The summed E-state index contributed by atoms with van der Waals surface area (Å²) >= 11 is 0. The number of hydrogen-bond acceptors (Lipinski definition) is 4. The van der Waals surface area contributed by atoms with Gasteiger partial charge in [-0.3, -0.25) is 4.79 Å². The van der Waals surface area contributed by atoms with E-state index in [0.717, 1.165) is 22.7 Å². The number of amides is 1. The highest BCUT2D eigenvalue weighted by Crippen LogP contribution is 2.26. The lowest BCUT2D eigenvalue weighted by Gasteiger charge is -2.26. The zero-order chi connectivity index (χ0) is 15.4. The van der Waals surface area contributed by atoms with Crippen LogP contribution in [0.15, 0.2) is 48.5 Å². The van der Waals surface area contributed by atoms with Crippen molar-refractivity contribution >= 4 is 17.3 Å². The maximum absolute atomic E-state index is 12.0. The van der Waals surface area contributed by atoms with Gasteiger partial charge in [0.1, 0.15) is 11.8 Å². The zero-order valence-electron chi connectivity index (χ0n) is 12.3. The van der Waals surface area contributed by atoms with Crippen LogP contribution in [-0.2, 0) is 16.1 Å². The molecule has 0 bridgehead atoms. The lowest BCUT2D eigenvalue weighted by Crippen LogP contribution is -2.42. The number of nitrogens with one attached hydrogen (secondary N) is 2. The Balaban J connectivity index is 1.59. The number of ether oxygens (including phenoxy) is 2. The summed E-state index contributed by atoms with van der Waals surface area (Å²) in [5, 5.41) is 6.07. The Kier molecular flexibility index (Phi) is 4.25. The van der Waals surface area contributed by atoms with E-state index in [1.54, 1.807) is 7.11 Å². The molecule has 0 spiro atoms. The summed E-state index contributed by atoms with van der Waals surface area (Å²) in [5.74, 6) is 0.702. The van der Waals surface area contributed by atoms with Crippen LogP contribution in [0.2, 0.25) is 0 Å². The number of benzene rings is 2. The SMILES string of the molecule is COc1ccccc1COC[C@H]1Nc2ccccc2NC1=O. The maximum Gasteiger partial charge on any atom is 0.249 e. The van der Waals surface area contributed by atoms with E-state index < -0.39 is 6.04 Å². The molecule has 5 nitrogen and oxygen atoms in total. The van der Waals surface area contributed by atoms with Gasteiger partial charge in [-0.25, -0.2) is 0 Å². The van der Waals surface area contributed by atoms with E-state index in [4.69, 9.17) is 9.47 Å². The second-order valence-electron chi connectivity index (χ2n) is 5.06.